The van der Waals surface area contributed by atoms with Gasteiger partial charge in [-0.1, -0.05) is 30.3 Å². The molecule has 5 nitrogen and oxygen atoms in total. The molecule has 1 aliphatic rings. The Bertz CT molecular complexity index is 792. The van der Waals surface area contributed by atoms with Gasteiger partial charge >= 0.3 is 5.97 Å². The monoisotopic (exact) mass is 337 g/mol. The highest BCUT2D eigenvalue weighted by Gasteiger charge is 2.44. The molecule has 116 valence electrons. The lowest BCUT2D eigenvalue weighted by molar-refractivity contribution is 0.0702. The van der Waals surface area contributed by atoms with Crippen molar-refractivity contribution in [3.63, 3.8) is 0 Å². The highest BCUT2D eigenvalue weighted by Crippen LogP contribution is 2.47. The molecule has 1 aromatic heterocycles. The summed E-state index contributed by atoms with van der Waals surface area (Å²) in [5.41, 5.74) is 1.01. The number of thiophene rings is 1. The number of rotatable bonds is 6. The molecule has 1 aromatic carbocycles. The van der Waals surface area contributed by atoms with Gasteiger partial charge in [0.15, 0.2) is 0 Å². The number of carboxylic acid groups (broad SMARTS) is 1. The van der Waals surface area contributed by atoms with E-state index >= 15 is 0 Å². The van der Waals surface area contributed by atoms with Gasteiger partial charge in [-0.05, 0) is 30.5 Å². The first-order chi connectivity index (χ1) is 10.4. The topological polar surface area (TPSA) is 83.5 Å². The first kappa shape index (κ1) is 15.2. The maximum Gasteiger partial charge on any atom is 0.345 e. The number of carbonyl (C=O) groups is 1. The molecular weight excluding hydrogens is 322 g/mol. The average molecular weight is 337 g/mol. The zero-order chi connectivity index (χ0) is 15.8. The van der Waals surface area contributed by atoms with Crippen molar-refractivity contribution in [3.8, 4) is 0 Å². The maximum absolute atomic E-state index is 12.3. The van der Waals surface area contributed by atoms with Crippen molar-refractivity contribution in [1.82, 2.24) is 4.72 Å². The summed E-state index contributed by atoms with van der Waals surface area (Å²) in [7, 11) is -3.67. The summed E-state index contributed by atoms with van der Waals surface area (Å²) in [6, 6.07) is 12.5. The van der Waals surface area contributed by atoms with Crippen LogP contribution in [0, 0.1) is 0 Å². The fraction of sp³-hybridized carbons (Fsp3) is 0.267. The third-order valence-corrected chi connectivity index (χ3v) is 6.86. The number of hydrogen-bond donors (Lipinski definition) is 2. The predicted molar refractivity (Wildman–Crippen MR) is 83.8 cm³/mol. The van der Waals surface area contributed by atoms with Crippen molar-refractivity contribution in [2.45, 2.75) is 22.5 Å². The first-order valence-corrected chi connectivity index (χ1v) is 9.11. The molecule has 0 amide bonds. The quantitative estimate of drug-likeness (QED) is 0.848. The van der Waals surface area contributed by atoms with E-state index in [4.69, 9.17) is 5.11 Å². The second kappa shape index (κ2) is 5.49. The van der Waals surface area contributed by atoms with Crippen LogP contribution in [0.25, 0.3) is 0 Å². The number of nitrogens with one attached hydrogen (secondary N) is 1. The lowest BCUT2D eigenvalue weighted by Gasteiger charge is -2.16. The molecule has 1 aliphatic carbocycles. The summed E-state index contributed by atoms with van der Waals surface area (Å²) in [6.45, 7) is 0.333. The van der Waals surface area contributed by atoms with E-state index in [1.54, 1.807) is 0 Å². The number of hydrogen-bond acceptors (Lipinski definition) is 4. The minimum atomic E-state index is -3.67. The second-order valence-electron chi connectivity index (χ2n) is 5.39. The Morgan fingerprint density at radius 2 is 1.86 bits per heavy atom. The molecule has 7 heteroatoms. The van der Waals surface area contributed by atoms with Crippen molar-refractivity contribution >= 4 is 27.3 Å². The van der Waals surface area contributed by atoms with Crippen molar-refractivity contribution in [1.29, 1.82) is 0 Å². The van der Waals surface area contributed by atoms with Crippen LogP contribution in [0.3, 0.4) is 0 Å². The van der Waals surface area contributed by atoms with Crippen molar-refractivity contribution < 1.29 is 18.3 Å². The molecule has 0 aliphatic heterocycles. The van der Waals surface area contributed by atoms with Crippen LogP contribution < -0.4 is 4.72 Å². The van der Waals surface area contributed by atoms with E-state index in [0.29, 0.717) is 6.54 Å². The van der Waals surface area contributed by atoms with Gasteiger partial charge in [-0.2, -0.15) is 0 Å². The van der Waals surface area contributed by atoms with E-state index < -0.39 is 16.0 Å². The first-order valence-electron chi connectivity index (χ1n) is 6.81. The Balaban J connectivity index is 1.74. The third kappa shape index (κ3) is 2.92. The maximum atomic E-state index is 12.3. The van der Waals surface area contributed by atoms with Gasteiger partial charge in [0.2, 0.25) is 10.0 Å². The Morgan fingerprint density at radius 1 is 1.18 bits per heavy atom. The Labute approximate surface area is 132 Å². The standard InChI is InChI=1S/C15H15NO4S2/c17-14(18)12-6-7-13(21-12)22(19,20)16-10-15(8-9-15)11-4-2-1-3-5-11/h1-7,16H,8-10H2,(H,17,18). The molecule has 3 rings (SSSR count). The van der Waals surface area contributed by atoms with Crippen LogP contribution in [0.4, 0.5) is 0 Å². The minimum Gasteiger partial charge on any atom is -0.477 e. The molecule has 0 saturated heterocycles. The predicted octanol–water partition coefficient (Wildman–Crippen LogP) is 2.46. The van der Waals surface area contributed by atoms with Crippen LogP contribution in [-0.2, 0) is 15.4 Å². The molecule has 2 aromatic rings. The van der Waals surface area contributed by atoms with Gasteiger partial charge in [0, 0.05) is 12.0 Å². The van der Waals surface area contributed by atoms with Crippen LogP contribution in [0.2, 0.25) is 0 Å². The fourth-order valence-corrected chi connectivity index (χ4v) is 4.71. The van der Waals surface area contributed by atoms with Gasteiger partial charge in [-0.3, -0.25) is 0 Å². The summed E-state index contributed by atoms with van der Waals surface area (Å²) in [6.07, 6.45) is 1.90. The Kier molecular flexibility index (Phi) is 3.80. The van der Waals surface area contributed by atoms with Gasteiger partial charge in [-0.25, -0.2) is 17.9 Å². The van der Waals surface area contributed by atoms with Crippen molar-refractivity contribution in [2.24, 2.45) is 0 Å². The molecule has 0 atom stereocenters. The molecule has 0 bridgehead atoms. The molecule has 0 radical (unpaired) electrons. The van der Waals surface area contributed by atoms with Gasteiger partial charge in [0.25, 0.3) is 0 Å². The Hall–Kier alpha value is -1.70. The highest BCUT2D eigenvalue weighted by molar-refractivity contribution is 7.91. The molecule has 1 saturated carbocycles. The minimum absolute atomic E-state index is 0.0181. The molecular formula is C15H15NO4S2. The molecule has 1 heterocycles. The summed E-state index contributed by atoms with van der Waals surface area (Å²) in [4.78, 5) is 10.9. The van der Waals surface area contributed by atoms with Crippen LogP contribution in [0.5, 0.6) is 0 Å². The summed E-state index contributed by atoms with van der Waals surface area (Å²) in [5.74, 6) is -1.12. The van der Waals surface area contributed by atoms with E-state index in [2.05, 4.69) is 4.72 Å². The van der Waals surface area contributed by atoms with Crippen LogP contribution in [-0.4, -0.2) is 26.0 Å². The van der Waals surface area contributed by atoms with E-state index in [0.717, 1.165) is 29.7 Å². The average Bonchev–Trinajstić information content (AvgIpc) is 3.12. The smallest absolute Gasteiger partial charge is 0.345 e. The van der Waals surface area contributed by atoms with E-state index in [1.807, 2.05) is 30.3 Å². The lowest BCUT2D eigenvalue weighted by atomic mass is 9.96. The largest absolute Gasteiger partial charge is 0.477 e. The second-order valence-corrected chi connectivity index (χ2v) is 8.47. The SMILES string of the molecule is O=C(O)c1ccc(S(=O)(=O)NCC2(c3ccccc3)CC2)s1. The van der Waals surface area contributed by atoms with Gasteiger partial charge in [-0.15, -0.1) is 11.3 Å². The fourth-order valence-electron chi connectivity index (χ4n) is 2.39. The van der Waals surface area contributed by atoms with Crippen LogP contribution in [0.1, 0.15) is 28.1 Å². The summed E-state index contributed by atoms with van der Waals surface area (Å²) >= 11 is 0.765. The van der Waals surface area contributed by atoms with Gasteiger partial charge in [0.05, 0.1) is 0 Å². The molecule has 22 heavy (non-hydrogen) atoms. The number of benzene rings is 1. The summed E-state index contributed by atoms with van der Waals surface area (Å²) in [5, 5.41) is 8.88. The molecule has 0 spiro atoms. The zero-order valence-corrected chi connectivity index (χ0v) is 13.3. The third-order valence-electron chi connectivity index (χ3n) is 3.90. The molecule has 2 N–H and O–H groups in total. The lowest BCUT2D eigenvalue weighted by Crippen LogP contribution is -2.31. The van der Waals surface area contributed by atoms with Crippen molar-refractivity contribution in [3.05, 3.63) is 52.9 Å². The highest BCUT2D eigenvalue weighted by atomic mass is 32.2. The molecule has 0 unspecified atom stereocenters. The van der Waals surface area contributed by atoms with E-state index in [-0.39, 0.29) is 14.5 Å². The summed E-state index contributed by atoms with van der Waals surface area (Å²) < 4.78 is 27.2. The van der Waals surface area contributed by atoms with Crippen LogP contribution in [0.15, 0.2) is 46.7 Å². The van der Waals surface area contributed by atoms with Crippen LogP contribution >= 0.6 is 11.3 Å². The Morgan fingerprint density at radius 3 is 2.41 bits per heavy atom. The van der Waals surface area contributed by atoms with Crippen molar-refractivity contribution in [2.75, 3.05) is 6.54 Å². The van der Waals surface area contributed by atoms with Gasteiger partial charge in [0.1, 0.15) is 9.09 Å². The normalized spacial score (nSPS) is 16.4. The van der Waals surface area contributed by atoms with Gasteiger partial charge < -0.3 is 5.11 Å². The number of carboxylic acids is 1. The van der Waals surface area contributed by atoms with E-state index in [9.17, 15) is 13.2 Å². The van der Waals surface area contributed by atoms with E-state index in [1.165, 1.54) is 12.1 Å². The number of sulfonamides is 1. The number of aromatic carboxylic acids is 1. The molecule has 1 fully saturated rings. The zero-order valence-electron chi connectivity index (χ0n) is 11.7.